The summed E-state index contributed by atoms with van der Waals surface area (Å²) in [5.41, 5.74) is -1.01. The minimum absolute atomic E-state index is 0.0545. The lowest BCUT2D eigenvalue weighted by Gasteiger charge is -2.34. The van der Waals surface area contributed by atoms with Gasteiger partial charge in [-0.05, 0) is 53.4 Å². The largest absolute Gasteiger partial charge is 0.444 e. The Labute approximate surface area is 169 Å². The molecule has 0 atom stereocenters. The number of nitrogens with one attached hydrogen (secondary N) is 3. The molecule has 1 aliphatic heterocycles. The average Bonchev–Trinajstić information content (AvgIpc) is 3.15. The Balaban J connectivity index is 2.70. The maximum Gasteiger partial charge on any atom is 0.408 e. The van der Waals surface area contributed by atoms with Crippen LogP contribution in [0.1, 0.15) is 67.2 Å². The van der Waals surface area contributed by atoms with Crippen molar-refractivity contribution in [3.8, 4) is 0 Å². The van der Waals surface area contributed by atoms with Crippen LogP contribution in [-0.4, -0.2) is 66.7 Å². The maximum atomic E-state index is 12.3. The minimum Gasteiger partial charge on any atom is -0.444 e. The predicted octanol–water partition coefficient (Wildman–Crippen LogP) is 2.25. The fraction of sp³-hybridized carbons (Fsp3) is 0.850. The molecule has 1 aliphatic rings. The summed E-state index contributed by atoms with van der Waals surface area (Å²) in [7, 11) is 0. The van der Waals surface area contributed by atoms with Gasteiger partial charge in [-0.15, -0.1) is 0 Å². The lowest BCUT2D eigenvalue weighted by atomic mass is 9.93. The monoisotopic (exact) mass is 397 g/mol. The van der Waals surface area contributed by atoms with E-state index in [4.69, 9.17) is 4.74 Å². The molecular formula is C20H39N5O3. The molecule has 0 aliphatic carbocycles. The van der Waals surface area contributed by atoms with E-state index in [1.807, 2.05) is 46.4 Å². The second-order valence-corrected chi connectivity index (χ2v) is 8.25. The molecule has 28 heavy (non-hydrogen) atoms. The lowest BCUT2D eigenvalue weighted by molar-refractivity contribution is -0.128. The first-order valence-corrected chi connectivity index (χ1v) is 10.5. The Morgan fingerprint density at radius 2 is 1.64 bits per heavy atom. The molecular weight excluding hydrogens is 358 g/mol. The van der Waals surface area contributed by atoms with Crippen molar-refractivity contribution in [1.29, 1.82) is 0 Å². The number of hydrogen-bond donors (Lipinski definition) is 3. The van der Waals surface area contributed by atoms with E-state index in [-0.39, 0.29) is 12.5 Å². The third-order valence-electron chi connectivity index (χ3n) is 4.89. The highest BCUT2D eigenvalue weighted by Gasteiger charge is 2.30. The first kappa shape index (κ1) is 24.0. The van der Waals surface area contributed by atoms with Crippen LogP contribution < -0.4 is 16.0 Å². The van der Waals surface area contributed by atoms with Crippen LogP contribution in [0.2, 0.25) is 0 Å². The molecule has 0 aromatic rings. The molecule has 8 heteroatoms. The van der Waals surface area contributed by atoms with Gasteiger partial charge in [-0.25, -0.2) is 9.79 Å². The Bertz CT molecular complexity index is 532. The van der Waals surface area contributed by atoms with Crippen LogP contribution in [0, 0.1) is 0 Å². The van der Waals surface area contributed by atoms with Gasteiger partial charge < -0.3 is 25.6 Å². The molecule has 0 spiro atoms. The second-order valence-electron chi connectivity index (χ2n) is 8.25. The van der Waals surface area contributed by atoms with Crippen LogP contribution in [0.4, 0.5) is 4.79 Å². The van der Waals surface area contributed by atoms with Crippen LogP contribution >= 0.6 is 0 Å². The van der Waals surface area contributed by atoms with Crippen LogP contribution in [0.3, 0.4) is 0 Å². The Morgan fingerprint density at radius 1 is 1.04 bits per heavy atom. The summed E-state index contributed by atoms with van der Waals surface area (Å²) in [6.07, 6.45) is 3.19. The topological polar surface area (TPSA) is 95.1 Å². The van der Waals surface area contributed by atoms with Gasteiger partial charge in [-0.1, -0.05) is 13.8 Å². The number of amides is 2. The van der Waals surface area contributed by atoms with Gasteiger partial charge in [0.25, 0.3) is 0 Å². The molecule has 0 unspecified atom stereocenters. The zero-order chi connectivity index (χ0) is 21.2. The van der Waals surface area contributed by atoms with Gasteiger partial charge in [0.1, 0.15) is 12.1 Å². The van der Waals surface area contributed by atoms with E-state index in [0.717, 1.165) is 38.8 Å². The van der Waals surface area contributed by atoms with Gasteiger partial charge in [-0.3, -0.25) is 4.79 Å². The summed E-state index contributed by atoms with van der Waals surface area (Å²) in [6.45, 7) is 14.5. The molecule has 162 valence electrons. The van der Waals surface area contributed by atoms with Gasteiger partial charge in [0.2, 0.25) is 5.91 Å². The third kappa shape index (κ3) is 8.35. The maximum absolute atomic E-state index is 12.3. The molecule has 1 fully saturated rings. The summed E-state index contributed by atoms with van der Waals surface area (Å²) >= 11 is 0. The zero-order valence-corrected chi connectivity index (χ0v) is 18.5. The Morgan fingerprint density at radius 3 is 2.14 bits per heavy atom. The zero-order valence-electron chi connectivity index (χ0n) is 18.5. The first-order chi connectivity index (χ1) is 13.1. The molecule has 3 N–H and O–H groups in total. The molecule has 2 amide bonds. The van der Waals surface area contributed by atoms with Gasteiger partial charge in [0, 0.05) is 26.2 Å². The van der Waals surface area contributed by atoms with E-state index in [1.54, 1.807) is 0 Å². The molecule has 0 bridgehead atoms. The van der Waals surface area contributed by atoms with Crippen molar-refractivity contribution in [2.75, 3.05) is 32.7 Å². The number of hydrogen-bond acceptors (Lipinski definition) is 4. The molecule has 1 heterocycles. The summed E-state index contributed by atoms with van der Waals surface area (Å²) in [4.78, 5) is 30.8. The van der Waals surface area contributed by atoms with Crippen molar-refractivity contribution in [3.63, 3.8) is 0 Å². The van der Waals surface area contributed by atoms with Gasteiger partial charge >= 0.3 is 6.09 Å². The highest BCUT2D eigenvalue weighted by Crippen LogP contribution is 2.16. The van der Waals surface area contributed by atoms with Crippen LogP contribution in [0.15, 0.2) is 4.99 Å². The van der Waals surface area contributed by atoms with Crippen molar-refractivity contribution < 1.29 is 14.3 Å². The normalized spacial score (nSPS) is 15.4. The predicted molar refractivity (Wildman–Crippen MR) is 112 cm³/mol. The Hall–Kier alpha value is -1.99. The highest BCUT2D eigenvalue weighted by atomic mass is 16.6. The number of ether oxygens (including phenoxy) is 1. The SMILES string of the molecule is CCNC(=NCC(=O)N1CCCC1)NCC(CC)(CC)NC(=O)OC(C)(C)C. The molecule has 0 aromatic heterocycles. The van der Waals surface area contributed by atoms with E-state index >= 15 is 0 Å². The standard InChI is InChI=1S/C20H39N5O3/c1-7-20(8-2,24-18(27)28-19(4,5)6)15-23-17(21-9-3)22-14-16(26)25-12-10-11-13-25/h7-15H2,1-6H3,(H,24,27)(H2,21,22,23). The number of alkyl carbamates (subject to hydrolysis) is 1. The Kier molecular flexibility index (Phi) is 9.55. The number of guanidine groups is 1. The second kappa shape index (κ2) is 11.1. The van der Waals surface area contributed by atoms with Crippen LogP contribution in [0.25, 0.3) is 0 Å². The highest BCUT2D eigenvalue weighted by molar-refractivity contribution is 5.85. The van der Waals surface area contributed by atoms with Crippen LogP contribution in [-0.2, 0) is 9.53 Å². The summed E-state index contributed by atoms with van der Waals surface area (Å²) in [5.74, 6) is 0.631. The molecule has 8 nitrogen and oxygen atoms in total. The molecule has 1 saturated heterocycles. The van der Waals surface area contributed by atoms with Crippen molar-refractivity contribution >= 4 is 18.0 Å². The average molecular weight is 398 g/mol. The summed E-state index contributed by atoms with van der Waals surface area (Å²) < 4.78 is 5.41. The van der Waals surface area contributed by atoms with E-state index in [0.29, 0.717) is 19.0 Å². The van der Waals surface area contributed by atoms with E-state index in [1.165, 1.54) is 0 Å². The lowest BCUT2D eigenvalue weighted by Crippen LogP contribution is -2.57. The quantitative estimate of drug-likeness (QED) is 0.431. The van der Waals surface area contributed by atoms with Crippen molar-refractivity contribution in [2.24, 2.45) is 4.99 Å². The fourth-order valence-electron chi connectivity index (χ4n) is 3.05. The number of aliphatic imine (C=N–C) groups is 1. The molecule has 0 aromatic carbocycles. The number of rotatable bonds is 8. The molecule has 0 saturated carbocycles. The number of carbonyl (C=O) groups is 2. The number of carbonyl (C=O) groups excluding carboxylic acids is 2. The van der Waals surface area contributed by atoms with Crippen molar-refractivity contribution in [1.82, 2.24) is 20.9 Å². The van der Waals surface area contributed by atoms with Gasteiger partial charge in [0.15, 0.2) is 5.96 Å². The smallest absolute Gasteiger partial charge is 0.408 e. The van der Waals surface area contributed by atoms with Crippen LogP contribution in [0.5, 0.6) is 0 Å². The minimum atomic E-state index is -0.545. The molecule has 0 radical (unpaired) electrons. The number of nitrogens with zero attached hydrogens (tertiary/aromatic N) is 2. The van der Waals surface area contributed by atoms with E-state index in [2.05, 4.69) is 20.9 Å². The van der Waals surface area contributed by atoms with Crippen molar-refractivity contribution in [2.45, 2.75) is 78.4 Å². The number of likely N-dealkylation sites (tertiary alicyclic amines) is 1. The van der Waals surface area contributed by atoms with Crippen molar-refractivity contribution in [3.05, 3.63) is 0 Å². The fourth-order valence-corrected chi connectivity index (χ4v) is 3.05. The molecule has 1 rings (SSSR count). The van der Waals surface area contributed by atoms with E-state index in [9.17, 15) is 9.59 Å². The van der Waals surface area contributed by atoms with Gasteiger partial charge in [0.05, 0.1) is 5.54 Å². The summed E-state index contributed by atoms with van der Waals surface area (Å²) in [6, 6.07) is 0. The van der Waals surface area contributed by atoms with E-state index < -0.39 is 17.2 Å². The summed E-state index contributed by atoms with van der Waals surface area (Å²) in [5, 5.41) is 9.45. The first-order valence-electron chi connectivity index (χ1n) is 10.5. The third-order valence-corrected chi connectivity index (χ3v) is 4.89. The van der Waals surface area contributed by atoms with Gasteiger partial charge in [-0.2, -0.15) is 0 Å².